The summed E-state index contributed by atoms with van der Waals surface area (Å²) < 4.78 is 0.913. The maximum Gasteiger partial charge on any atom is 0.261 e. The van der Waals surface area contributed by atoms with Crippen LogP contribution in [-0.4, -0.2) is 15.9 Å². The third-order valence-corrected chi connectivity index (χ3v) is 5.30. The molecule has 1 amide bonds. The lowest BCUT2D eigenvalue weighted by atomic mass is 10.2. The molecule has 0 fully saturated rings. The van der Waals surface area contributed by atoms with Gasteiger partial charge in [0.1, 0.15) is 5.69 Å². The molecule has 3 rings (SSSR count). The Kier molecular flexibility index (Phi) is 4.42. The number of carbonyl (C=O) groups excluding carboxylic acids is 1. The van der Waals surface area contributed by atoms with Crippen molar-refractivity contribution in [3.05, 3.63) is 56.4 Å². The first-order valence-electron chi connectivity index (χ1n) is 6.10. The van der Waals surface area contributed by atoms with Gasteiger partial charge in [-0.05, 0) is 33.4 Å². The van der Waals surface area contributed by atoms with Crippen LogP contribution in [0.1, 0.15) is 15.4 Å². The highest BCUT2D eigenvalue weighted by Gasteiger charge is 2.12. The van der Waals surface area contributed by atoms with Crippen LogP contribution in [0.15, 0.2) is 45.8 Å². The Morgan fingerprint density at radius 1 is 1.29 bits per heavy atom. The third kappa shape index (κ3) is 3.37. The Morgan fingerprint density at radius 2 is 2.14 bits per heavy atom. The topological polar surface area (TPSA) is 54.9 Å². The molecule has 3 heterocycles. The molecule has 0 saturated heterocycles. The molecule has 0 bridgehead atoms. The van der Waals surface area contributed by atoms with Crippen LogP contribution in [0.25, 0.3) is 10.6 Å². The van der Waals surface area contributed by atoms with Gasteiger partial charge in [0.2, 0.25) is 0 Å². The van der Waals surface area contributed by atoms with E-state index in [9.17, 15) is 4.79 Å². The third-order valence-electron chi connectivity index (χ3n) is 2.74. The number of halogens is 1. The zero-order chi connectivity index (χ0) is 14.7. The lowest BCUT2D eigenvalue weighted by molar-refractivity contribution is 0.0954. The van der Waals surface area contributed by atoms with Crippen LogP contribution in [0.2, 0.25) is 0 Å². The van der Waals surface area contributed by atoms with Crippen molar-refractivity contribution in [2.75, 3.05) is 0 Å². The molecule has 1 N–H and O–H groups in total. The summed E-state index contributed by atoms with van der Waals surface area (Å²) in [7, 11) is 0. The number of aromatic nitrogens is 2. The number of amides is 1. The van der Waals surface area contributed by atoms with E-state index in [2.05, 4.69) is 31.2 Å². The van der Waals surface area contributed by atoms with Crippen LogP contribution in [0.4, 0.5) is 0 Å². The van der Waals surface area contributed by atoms with E-state index in [0.29, 0.717) is 11.4 Å². The molecule has 0 atom stereocenters. The molecule has 21 heavy (non-hydrogen) atoms. The maximum absolute atomic E-state index is 12.1. The van der Waals surface area contributed by atoms with Gasteiger partial charge in [-0.1, -0.05) is 6.07 Å². The van der Waals surface area contributed by atoms with Crippen molar-refractivity contribution in [3.8, 4) is 10.6 Å². The van der Waals surface area contributed by atoms with Gasteiger partial charge in [-0.3, -0.25) is 14.8 Å². The molecule has 0 aromatic carbocycles. The van der Waals surface area contributed by atoms with E-state index in [1.165, 1.54) is 11.3 Å². The monoisotopic (exact) mass is 379 g/mol. The molecule has 106 valence electrons. The largest absolute Gasteiger partial charge is 0.346 e. The smallest absolute Gasteiger partial charge is 0.261 e. The highest BCUT2D eigenvalue weighted by atomic mass is 79.9. The standard InChI is InChI=1S/C14H10BrN3OS2/c15-9-6-12(21-8-9)14(19)18-7-10-13(17-4-3-16-10)11-2-1-5-20-11/h1-6,8H,7H2,(H,18,19). The molecule has 0 unspecified atom stereocenters. The fourth-order valence-electron chi connectivity index (χ4n) is 1.80. The summed E-state index contributed by atoms with van der Waals surface area (Å²) >= 11 is 6.35. The molecule has 0 aliphatic rings. The van der Waals surface area contributed by atoms with E-state index in [4.69, 9.17) is 0 Å². The van der Waals surface area contributed by atoms with Crippen LogP contribution in [0.3, 0.4) is 0 Å². The van der Waals surface area contributed by atoms with E-state index in [1.54, 1.807) is 29.8 Å². The highest BCUT2D eigenvalue weighted by molar-refractivity contribution is 9.10. The summed E-state index contributed by atoms with van der Waals surface area (Å²) in [5.74, 6) is -0.103. The molecule has 0 radical (unpaired) electrons. The van der Waals surface area contributed by atoms with Crippen LogP contribution < -0.4 is 5.32 Å². The number of carbonyl (C=O) groups is 1. The molecule has 0 aliphatic carbocycles. The Labute approximate surface area is 138 Å². The number of rotatable bonds is 4. The molecule has 0 spiro atoms. The molecule has 3 aromatic heterocycles. The van der Waals surface area contributed by atoms with Crippen molar-refractivity contribution < 1.29 is 4.79 Å². The minimum absolute atomic E-state index is 0.103. The molecule has 0 aliphatic heterocycles. The normalized spacial score (nSPS) is 10.5. The van der Waals surface area contributed by atoms with E-state index >= 15 is 0 Å². The summed E-state index contributed by atoms with van der Waals surface area (Å²) in [6.07, 6.45) is 3.30. The zero-order valence-electron chi connectivity index (χ0n) is 10.7. The molecule has 0 saturated carbocycles. The Bertz CT molecular complexity index is 755. The fraction of sp³-hybridized carbons (Fsp3) is 0.0714. The van der Waals surface area contributed by atoms with E-state index in [0.717, 1.165) is 20.7 Å². The molecule has 3 aromatic rings. The van der Waals surface area contributed by atoms with E-state index < -0.39 is 0 Å². The van der Waals surface area contributed by atoms with Gasteiger partial charge in [-0.15, -0.1) is 22.7 Å². The number of thiophene rings is 2. The number of nitrogens with one attached hydrogen (secondary N) is 1. The molecular formula is C14H10BrN3OS2. The number of hydrogen-bond acceptors (Lipinski definition) is 5. The first-order chi connectivity index (χ1) is 10.2. The molecule has 4 nitrogen and oxygen atoms in total. The van der Waals surface area contributed by atoms with Gasteiger partial charge in [0.15, 0.2) is 0 Å². The quantitative estimate of drug-likeness (QED) is 0.746. The van der Waals surface area contributed by atoms with Crippen molar-refractivity contribution >= 4 is 44.5 Å². The van der Waals surface area contributed by atoms with Crippen LogP contribution in [-0.2, 0) is 6.54 Å². The van der Waals surface area contributed by atoms with Gasteiger partial charge in [-0.25, -0.2) is 0 Å². The van der Waals surface area contributed by atoms with Crippen LogP contribution in [0, 0.1) is 0 Å². The van der Waals surface area contributed by atoms with Gasteiger partial charge in [0.05, 0.1) is 22.0 Å². The lowest BCUT2D eigenvalue weighted by Crippen LogP contribution is -2.22. The first kappa shape index (κ1) is 14.4. The van der Waals surface area contributed by atoms with E-state index in [-0.39, 0.29) is 5.91 Å². The van der Waals surface area contributed by atoms with Gasteiger partial charge in [0, 0.05) is 22.2 Å². The van der Waals surface area contributed by atoms with Gasteiger partial charge < -0.3 is 5.32 Å². The maximum atomic E-state index is 12.1. The highest BCUT2D eigenvalue weighted by Crippen LogP contribution is 2.25. The van der Waals surface area contributed by atoms with Crippen molar-refractivity contribution in [1.29, 1.82) is 0 Å². The Morgan fingerprint density at radius 3 is 2.86 bits per heavy atom. The van der Waals surface area contributed by atoms with Crippen LogP contribution >= 0.6 is 38.6 Å². The summed E-state index contributed by atoms with van der Waals surface area (Å²) in [6.45, 7) is 0.357. The summed E-state index contributed by atoms with van der Waals surface area (Å²) in [5, 5.41) is 6.76. The number of hydrogen-bond donors (Lipinski definition) is 1. The summed E-state index contributed by atoms with van der Waals surface area (Å²) in [5.41, 5.74) is 1.59. The SMILES string of the molecule is O=C(NCc1nccnc1-c1cccs1)c1cc(Br)cs1. The predicted molar refractivity (Wildman–Crippen MR) is 88.5 cm³/mol. The molecule has 7 heteroatoms. The number of nitrogens with zero attached hydrogens (tertiary/aromatic N) is 2. The minimum Gasteiger partial charge on any atom is -0.346 e. The molecular weight excluding hydrogens is 370 g/mol. The minimum atomic E-state index is -0.103. The lowest BCUT2D eigenvalue weighted by Gasteiger charge is -2.06. The van der Waals surface area contributed by atoms with Crippen molar-refractivity contribution in [1.82, 2.24) is 15.3 Å². The van der Waals surface area contributed by atoms with Crippen molar-refractivity contribution in [2.45, 2.75) is 6.54 Å². The van der Waals surface area contributed by atoms with Gasteiger partial charge in [-0.2, -0.15) is 0 Å². The first-order valence-corrected chi connectivity index (χ1v) is 8.65. The summed E-state index contributed by atoms with van der Waals surface area (Å²) in [6, 6.07) is 5.77. The van der Waals surface area contributed by atoms with E-state index in [1.807, 2.05) is 22.9 Å². The Balaban J connectivity index is 1.75. The predicted octanol–water partition coefficient (Wildman–Crippen LogP) is 3.96. The van der Waals surface area contributed by atoms with Gasteiger partial charge >= 0.3 is 0 Å². The summed E-state index contributed by atoms with van der Waals surface area (Å²) in [4.78, 5) is 22.5. The average molecular weight is 380 g/mol. The van der Waals surface area contributed by atoms with Crippen molar-refractivity contribution in [3.63, 3.8) is 0 Å². The second-order valence-corrected chi connectivity index (χ2v) is 6.92. The van der Waals surface area contributed by atoms with Crippen LogP contribution in [0.5, 0.6) is 0 Å². The second-order valence-electron chi connectivity index (χ2n) is 4.14. The zero-order valence-corrected chi connectivity index (χ0v) is 14.0. The average Bonchev–Trinajstić information content (AvgIpc) is 3.16. The Hall–Kier alpha value is -1.57. The van der Waals surface area contributed by atoms with Crippen molar-refractivity contribution in [2.24, 2.45) is 0 Å². The second kappa shape index (κ2) is 6.46. The van der Waals surface area contributed by atoms with Gasteiger partial charge in [0.25, 0.3) is 5.91 Å². The fourth-order valence-corrected chi connectivity index (χ4v) is 3.88.